The summed E-state index contributed by atoms with van der Waals surface area (Å²) in [7, 11) is 0. The molecule has 1 aromatic rings. The molecule has 0 bridgehead atoms. The van der Waals surface area contributed by atoms with E-state index in [0.29, 0.717) is 6.04 Å². The van der Waals surface area contributed by atoms with Gasteiger partial charge in [-0.3, -0.25) is 0 Å². The van der Waals surface area contributed by atoms with Crippen molar-refractivity contribution in [1.29, 1.82) is 0 Å². The molecule has 0 saturated carbocycles. The molecule has 0 aliphatic heterocycles. The lowest BCUT2D eigenvalue weighted by Crippen LogP contribution is -2.30. The van der Waals surface area contributed by atoms with Crippen LogP contribution in [0.4, 0.5) is 0 Å². The number of aryl methyl sites for hydroxylation is 1. The lowest BCUT2D eigenvalue weighted by atomic mass is 10.0. The molecule has 0 aliphatic carbocycles. The van der Waals surface area contributed by atoms with Crippen molar-refractivity contribution in [2.24, 2.45) is 0 Å². The zero-order chi connectivity index (χ0) is 11.8. The molecule has 92 valence electrons. The van der Waals surface area contributed by atoms with Gasteiger partial charge in [0.25, 0.3) is 0 Å². The van der Waals surface area contributed by atoms with Crippen LogP contribution in [0.2, 0.25) is 0 Å². The van der Waals surface area contributed by atoms with E-state index in [2.05, 4.69) is 45.9 Å². The van der Waals surface area contributed by atoms with Crippen LogP contribution in [0, 0.1) is 0 Å². The topological polar surface area (TPSA) is 12.0 Å². The number of halogens is 1. The van der Waals surface area contributed by atoms with E-state index >= 15 is 0 Å². The van der Waals surface area contributed by atoms with Crippen LogP contribution in [0.5, 0.6) is 0 Å². The summed E-state index contributed by atoms with van der Waals surface area (Å²) in [5.74, 6) is 0. The summed E-state index contributed by atoms with van der Waals surface area (Å²) in [4.78, 5) is 0. The number of nitrogens with one attached hydrogen (secondary N) is 1. The van der Waals surface area contributed by atoms with E-state index < -0.39 is 0 Å². The van der Waals surface area contributed by atoms with Gasteiger partial charge in [0.1, 0.15) is 0 Å². The van der Waals surface area contributed by atoms with Gasteiger partial charge in [-0.2, -0.15) is 11.3 Å². The molecule has 1 aromatic heterocycles. The minimum Gasteiger partial charge on any atom is -0.314 e. The fourth-order valence-corrected chi connectivity index (χ4v) is 3.40. The third kappa shape index (κ3) is 4.98. The van der Waals surface area contributed by atoms with Crippen LogP contribution in [-0.4, -0.2) is 12.6 Å². The second-order valence-corrected chi connectivity index (χ2v) is 5.82. The van der Waals surface area contributed by atoms with E-state index in [1.54, 1.807) is 11.3 Å². The average Bonchev–Trinajstić information content (AvgIpc) is 2.68. The SMILES string of the molecule is CCCNC(CCC)CCc1cscc1Br. The number of hydrogen-bond acceptors (Lipinski definition) is 2. The third-order valence-electron chi connectivity index (χ3n) is 2.77. The van der Waals surface area contributed by atoms with Crippen LogP contribution in [0.15, 0.2) is 15.2 Å². The van der Waals surface area contributed by atoms with Gasteiger partial charge in [-0.25, -0.2) is 0 Å². The highest BCUT2D eigenvalue weighted by atomic mass is 79.9. The molecule has 1 N–H and O–H groups in total. The summed E-state index contributed by atoms with van der Waals surface area (Å²) >= 11 is 5.38. The Bertz CT molecular complexity index is 285. The van der Waals surface area contributed by atoms with E-state index in [-0.39, 0.29) is 0 Å². The molecule has 1 nitrogen and oxygen atoms in total. The van der Waals surface area contributed by atoms with Gasteiger partial charge < -0.3 is 5.32 Å². The Hall–Kier alpha value is 0.140. The van der Waals surface area contributed by atoms with Crippen molar-refractivity contribution in [1.82, 2.24) is 5.32 Å². The standard InChI is InChI=1S/C13H22BrNS/c1-3-5-12(15-8-4-2)7-6-11-9-16-10-13(11)14/h9-10,12,15H,3-8H2,1-2H3. The van der Waals surface area contributed by atoms with E-state index in [4.69, 9.17) is 0 Å². The second kappa shape index (κ2) is 8.26. The molecule has 0 saturated heterocycles. The molecule has 1 heterocycles. The van der Waals surface area contributed by atoms with Gasteiger partial charge in [-0.05, 0) is 59.1 Å². The summed E-state index contributed by atoms with van der Waals surface area (Å²) in [6.45, 7) is 5.64. The molecule has 0 spiro atoms. The maximum Gasteiger partial charge on any atom is 0.0314 e. The average molecular weight is 304 g/mol. The van der Waals surface area contributed by atoms with Crippen molar-refractivity contribution in [3.8, 4) is 0 Å². The molecule has 0 fully saturated rings. The minimum atomic E-state index is 0.691. The number of thiophene rings is 1. The van der Waals surface area contributed by atoms with Gasteiger partial charge in [-0.15, -0.1) is 0 Å². The number of rotatable bonds is 8. The van der Waals surface area contributed by atoms with Crippen molar-refractivity contribution in [2.45, 2.75) is 52.0 Å². The van der Waals surface area contributed by atoms with Crippen LogP contribution in [0.1, 0.15) is 45.1 Å². The Morgan fingerprint density at radius 3 is 2.62 bits per heavy atom. The highest BCUT2D eigenvalue weighted by Crippen LogP contribution is 2.23. The van der Waals surface area contributed by atoms with Crippen LogP contribution in [0.3, 0.4) is 0 Å². The first-order valence-electron chi connectivity index (χ1n) is 6.21. The van der Waals surface area contributed by atoms with Crippen LogP contribution in [0.25, 0.3) is 0 Å². The van der Waals surface area contributed by atoms with E-state index in [1.807, 2.05) is 0 Å². The molecule has 0 aromatic carbocycles. The Morgan fingerprint density at radius 2 is 2.06 bits per heavy atom. The quantitative estimate of drug-likeness (QED) is 0.739. The Labute approximate surface area is 112 Å². The van der Waals surface area contributed by atoms with E-state index in [9.17, 15) is 0 Å². The predicted octanol–water partition coefficient (Wildman–Crippen LogP) is 4.61. The molecule has 0 aliphatic rings. The Kier molecular flexibility index (Phi) is 7.33. The first kappa shape index (κ1) is 14.2. The maximum atomic E-state index is 3.64. The highest BCUT2D eigenvalue weighted by molar-refractivity contribution is 9.10. The fourth-order valence-electron chi connectivity index (χ4n) is 1.86. The zero-order valence-corrected chi connectivity index (χ0v) is 12.7. The molecular weight excluding hydrogens is 282 g/mol. The van der Waals surface area contributed by atoms with Crippen molar-refractivity contribution >= 4 is 27.3 Å². The summed E-state index contributed by atoms with van der Waals surface area (Å²) in [5.41, 5.74) is 1.46. The summed E-state index contributed by atoms with van der Waals surface area (Å²) < 4.78 is 1.28. The number of hydrogen-bond donors (Lipinski definition) is 1. The maximum absolute atomic E-state index is 3.64. The van der Waals surface area contributed by atoms with E-state index in [0.717, 1.165) is 6.54 Å². The van der Waals surface area contributed by atoms with Gasteiger partial charge in [-0.1, -0.05) is 20.3 Å². The van der Waals surface area contributed by atoms with Gasteiger partial charge in [0.15, 0.2) is 0 Å². The van der Waals surface area contributed by atoms with Gasteiger partial charge in [0.05, 0.1) is 0 Å². The van der Waals surface area contributed by atoms with Crippen molar-refractivity contribution in [2.75, 3.05) is 6.54 Å². The molecule has 3 heteroatoms. The molecule has 1 unspecified atom stereocenters. The first-order valence-corrected chi connectivity index (χ1v) is 7.95. The molecular formula is C13H22BrNS. The molecule has 1 atom stereocenters. The lowest BCUT2D eigenvalue weighted by molar-refractivity contribution is 0.449. The Morgan fingerprint density at radius 1 is 1.25 bits per heavy atom. The van der Waals surface area contributed by atoms with Gasteiger partial charge in [0, 0.05) is 15.9 Å². The molecule has 0 amide bonds. The molecule has 16 heavy (non-hydrogen) atoms. The zero-order valence-electron chi connectivity index (χ0n) is 10.3. The highest BCUT2D eigenvalue weighted by Gasteiger charge is 2.08. The smallest absolute Gasteiger partial charge is 0.0314 e. The largest absolute Gasteiger partial charge is 0.314 e. The monoisotopic (exact) mass is 303 g/mol. The van der Waals surface area contributed by atoms with Crippen molar-refractivity contribution in [3.63, 3.8) is 0 Å². The first-order chi connectivity index (χ1) is 7.77. The van der Waals surface area contributed by atoms with E-state index in [1.165, 1.54) is 42.1 Å². The predicted molar refractivity (Wildman–Crippen MR) is 77.3 cm³/mol. The lowest BCUT2D eigenvalue weighted by Gasteiger charge is -2.17. The van der Waals surface area contributed by atoms with Crippen molar-refractivity contribution < 1.29 is 0 Å². The second-order valence-electron chi connectivity index (χ2n) is 4.22. The van der Waals surface area contributed by atoms with Crippen LogP contribution >= 0.6 is 27.3 Å². The van der Waals surface area contributed by atoms with Crippen LogP contribution in [-0.2, 0) is 6.42 Å². The summed E-state index contributed by atoms with van der Waals surface area (Å²) in [6.07, 6.45) is 6.23. The summed E-state index contributed by atoms with van der Waals surface area (Å²) in [6, 6.07) is 0.691. The fraction of sp³-hybridized carbons (Fsp3) is 0.692. The van der Waals surface area contributed by atoms with Gasteiger partial charge >= 0.3 is 0 Å². The normalized spacial score (nSPS) is 12.9. The van der Waals surface area contributed by atoms with Crippen LogP contribution < -0.4 is 5.32 Å². The van der Waals surface area contributed by atoms with Crippen molar-refractivity contribution in [3.05, 3.63) is 20.8 Å². The summed E-state index contributed by atoms with van der Waals surface area (Å²) in [5, 5.41) is 8.07. The minimum absolute atomic E-state index is 0.691. The van der Waals surface area contributed by atoms with Gasteiger partial charge in [0.2, 0.25) is 0 Å². The Balaban J connectivity index is 2.34. The molecule has 0 radical (unpaired) electrons. The third-order valence-corrected chi connectivity index (χ3v) is 4.60. The molecule has 1 rings (SSSR count).